The van der Waals surface area contributed by atoms with Crippen LogP contribution in [0.15, 0.2) is 72.2 Å². The van der Waals surface area contributed by atoms with E-state index in [1.165, 1.54) is 5.57 Å². The summed E-state index contributed by atoms with van der Waals surface area (Å²) < 4.78 is 4.22. The van der Waals surface area contributed by atoms with Crippen LogP contribution in [0.5, 0.6) is 0 Å². The van der Waals surface area contributed by atoms with Crippen molar-refractivity contribution in [3.05, 3.63) is 57.3 Å². The number of aliphatic hydroxyl groups excluding tert-OH is 1. The van der Waals surface area contributed by atoms with E-state index < -0.39 is 0 Å². The van der Waals surface area contributed by atoms with Gasteiger partial charge in [-0.15, -0.1) is 0 Å². The maximum absolute atomic E-state index is 9.41. The van der Waals surface area contributed by atoms with Gasteiger partial charge in [-0.25, -0.2) is 4.99 Å². The third-order valence-corrected chi connectivity index (χ3v) is 6.41. The predicted octanol–water partition coefficient (Wildman–Crippen LogP) is 7.68. The summed E-state index contributed by atoms with van der Waals surface area (Å²) in [6.07, 6.45) is 8.31. The topological polar surface area (TPSA) is 118 Å². The second kappa shape index (κ2) is 26.1. The third-order valence-electron chi connectivity index (χ3n) is 4.64. The number of allylic oxidation sites excluding steroid dienone is 5. The first kappa shape index (κ1) is 39.0. The molecule has 220 valence electrons. The Kier molecular flexibility index (Phi) is 26.2. The van der Waals surface area contributed by atoms with Crippen LogP contribution in [-0.4, -0.2) is 48.1 Å². The van der Waals surface area contributed by atoms with Crippen LogP contribution in [0.2, 0.25) is 0 Å². The van der Waals surface area contributed by atoms with E-state index in [0.717, 1.165) is 39.5 Å². The molecule has 1 aromatic carbocycles. The zero-order valence-corrected chi connectivity index (χ0v) is 27.3. The Morgan fingerprint density at radius 3 is 2.18 bits per heavy atom. The molecule has 0 fully saturated rings. The van der Waals surface area contributed by atoms with E-state index in [2.05, 4.69) is 80.3 Å². The highest BCUT2D eigenvalue weighted by molar-refractivity contribution is 9.11. The Hall–Kier alpha value is -2.11. The molecule has 2 rings (SSSR count). The lowest BCUT2D eigenvalue weighted by molar-refractivity contribution is -0.122. The number of hydrogen-bond donors (Lipinski definition) is 5. The van der Waals surface area contributed by atoms with Gasteiger partial charge in [0.2, 0.25) is 5.96 Å². The molecule has 0 aliphatic carbocycles. The largest absolute Gasteiger partial charge is 0.483 e. The van der Waals surface area contributed by atoms with Crippen LogP contribution >= 0.6 is 39.5 Å². The lowest BCUT2D eigenvalue weighted by atomic mass is 10.2. The van der Waals surface area contributed by atoms with Crippen molar-refractivity contribution < 1.29 is 15.0 Å². The van der Waals surface area contributed by atoms with Gasteiger partial charge < -0.3 is 20.8 Å². The molecule has 0 bridgehead atoms. The fraction of sp³-hybridized carbons (Fsp3) is 0.464. The van der Waals surface area contributed by atoms with Crippen molar-refractivity contribution in [2.24, 2.45) is 9.98 Å². The van der Waals surface area contributed by atoms with Crippen LogP contribution in [0.4, 0.5) is 5.69 Å². The first-order valence-electron chi connectivity index (χ1n) is 12.7. The van der Waals surface area contributed by atoms with Crippen molar-refractivity contribution >= 4 is 63.8 Å². The summed E-state index contributed by atoms with van der Waals surface area (Å²) in [6, 6.07) is 8.09. The standard InChI is InChI=1S/C18H26BrN5OS.C5H10.C4H7Cl.CH2O2/c1-3-10-21-26-15-7-5-14(6-8-15)23-18-20-11-9-16(19)17(24-18)22-13(4-2)12-25;1-4-5(2)3;1-3-4(2)5;2-1-3/h5-8,11,13,21-22,25H,3-4,9-10,12H2,1-2H3,(H,23,24);4H,1-3H3;3H,1-2H3;1H,(H,2,3)/b;;4-3+;. The minimum atomic E-state index is -0.250. The molecule has 11 heteroatoms. The highest BCUT2D eigenvalue weighted by Gasteiger charge is 2.13. The molecule has 1 aromatic rings. The van der Waals surface area contributed by atoms with Gasteiger partial charge in [-0.05, 0) is 83.7 Å². The van der Waals surface area contributed by atoms with E-state index in [4.69, 9.17) is 21.5 Å². The summed E-state index contributed by atoms with van der Waals surface area (Å²) in [7, 11) is 0. The summed E-state index contributed by atoms with van der Waals surface area (Å²) in [5, 5.41) is 23.7. The number of carbonyl (C=O) groups is 1. The fourth-order valence-electron chi connectivity index (χ4n) is 2.12. The Bertz CT molecular complexity index is 923. The van der Waals surface area contributed by atoms with Gasteiger partial charge in [0.1, 0.15) is 5.82 Å². The number of nitrogens with one attached hydrogen (secondary N) is 3. The maximum Gasteiger partial charge on any atom is 0.290 e. The molecule has 5 N–H and O–H groups in total. The number of benzene rings is 1. The summed E-state index contributed by atoms with van der Waals surface area (Å²) in [4.78, 5) is 18.5. The van der Waals surface area contributed by atoms with Crippen LogP contribution in [0.1, 0.15) is 67.7 Å². The summed E-state index contributed by atoms with van der Waals surface area (Å²) in [5.41, 5.74) is 2.30. The Balaban J connectivity index is 0. The molecule has 0 saturated carbocycles. The third kappa shape index (κ3) is 22.4. The van der Waals surface area contributed by atoms with Crippen molar-refractivity contribution in [2.75, 3.05) is 18.5 Å². The SMILES string of the molecule is C/C=C(\C)Cl.CC=C(C)C.CCCNSc1ccc(NC2=NC(NC(CC)CO)=C(Br)CC=N2)cc1.O=CO. The average molecular weight is 647 g/mol. The average Bonchev–Trinajstić information content (AvgIpc) is 3.09. The number of nitrogens with zero attached hydrogens (tertiary/aromatic N) is 2. The van der Waals surface area contributed by atoms with Gasteiger partial charge in [0.15, 0.2) is 0 Å². The second-order valence-electron chi connectivity index (χ2n) is 8.13. The number of rotatable bonds is 9. The predicted molar refractivity (Wildman–Crippen MR) is 174 cm³/mol. The van der Waals surface area contributed by atoms with Crippen LogP contribution in [0.25, 0.3) is 0 Å². The van der Waals surface area contributed by atoms with Crippen molar-refractivity contribution in [3.8, 4) is 0 Å². The smallest absolute Gasteiger partial charge is 0.290 e. The van der Waals surface area contributed by atoms with E-state index in [-0.39, 0.29) is 19.1 Å². The molecule has 1 aliphatic heterocycles. The number of hydrogen-bond acceptors (Lipinski definition) is 8. The van der Waals surface area contributed by atoms with Gasteiger partial charge in [-0.1, -0.05) is 59.1 Å². The molecular weight excluding hydrogens is 602 g/mol. The molecule has 8 nitrogen and oxygen atoms in total. The van der Waals surface area contributed by atoms with Gasteiger partial charge in [0.05, 0.1) is 12.6 Å². The van der Waals surface area contributed by atoms with E-state index in [1.807, 2.05) is 52.1 Å². The van der Waals surface area contributed by atoms with Crippen LogP contribution in [0, 0.1) is 0 Å². The number of aliphatic hydroxyl groups is 1. The highest BCUT2D eigenvalue weighted by atomic mass is 79.9. The zero-order chi connectivity index (χ0) is 30.1. The molecule has 1 heterocycles. The van der Waals surface area contributed by atoms with E-state index in [1.54, 1.807) is 11.9 Å². The summed E-state index contributed by atoms with van der Waals surface area (Å²) >= 11 is 10.5. The first-order chi connectivity index (χ1) is 18.6. The highest BCUT2D eigenvalue weighted by Crippen LogP contribution is 2.20. The molecule has 0 saturated heterocycles. The lowest BCUT2D eigenvalue weighted by Gasteiger charge is -2.17. The van der Waals surface area contributed by atoms with Gasteiger partial charge in [-0.2, -0.15) is 4.99 Å². The Labute approximate surface area is 252 Å². The normalized spacial score (nSPS) is 13.1. The minimum absolute atomic E-state index is 0.0346. The van der Waals surface area contributed by atoms with Gasteiger partial charge in [0, 0.05) is 39.3 Å². The van der Waals surface area contributed by atoms with Crippen molar-refractivity contribution in [1.82, 2.24) is 10.0 Å². The number of anilines is 1. The number of guanidine groups is 1. The second-order valence-corrected chi connectivity index (χ2v) is 10.6. The molecule has 1 aliphatic rings. The van der Waals surface area contributed by atoms with E-state index in [9.17, 15) is 5.11 Å². The van der Waals surface area contributed by atoms with Crippen LogP contribution < -0.4 is 15.4 Å². The molecule has 0 radical (unpaired) electrons. The molecule has 1 unspecified atom stereocenters. The van der Waals surface area contributed by atoms with Crippen LogP contribution in [0.3, 0.4) is 0 Å². The van der Waals surface area contributed by atoms with Crippen molar-refractivity contribution in [3.63, 3.8) is 0 Å². The minimum Gasteiger partial charge on any atom is -0.483 e. The molecule has 0 spiro atoms. The number of carboxylic acid groups (broad SMARTS) is 1. The molecule has 0 aromatic heterocycles. The number of halogens is 2. The van der Waals surface area contributed by atoms with E-state index in [0.29, 0.717) is 18.2 Å². The zero-order valence-electron chi connectivity index (χ0n) is 24.1. The van der Waals surface area contributed by atoms with Crippen molar-refractivity contribution in [1.29, 1.82) is 0 Å². The molecular formula is C28H45BrClN5O3S. The van der Waals surface area contributed by atoms with Gasteiger partial charge >= 0.3 is 0 Å². The maximum atomic E-state index is 9.41. The quantitative estimate of drug-likeness (QED) is 0.0808. The van der Waals surface area contributed by atoms with Crippen molar-refractivity contribution in [2.45, 2.75) is 78.7 Å². The monoisotopic (exact) mass is 645 g/mol. The van der Waals surface area contributed by atoms with Gasteiger partial charge in [0.25, 0.3) is 6.47 Å². The molecule has 0 amide bonds. The number of aliphatic imine (C=N–C) groups is 2. The Morgan fingerprint density at radius 1 is 1.18 bits per heavy atom. The van der Waals surface area contributed by atoms with Crippen LogP contribution in [-0.2, 0) is 4.79 Å². The van der Waals surface area contributed by atoms with Gasteiger partial charge in [-0.3, -0.25) is 9.52 Å². The van der Waals surface area contributed by atoms with E-state index >= 15 is 0 Å². The summed E-state index contributed by atoms with van der Waals surface area (Å²) in [6.45, 7) is 14.9. The molecule has 1 atom stereocenters. The lowest BCUT2D eigenvalue weighted by Crippen LogP contribution is -2.31. The fourth-order valence-corrected chi connectivity index (χ4v) is 3.21. The summed E-state index contributed by atoms with van der Waals surface area (Å²) in [5.74, 6) is 1.21. The first-order valence-corrected chi connectivity index (χ1v) is 14.7. The Morgan fingerprint density at radius 2 is 1.74 bits per heavy atom. The molecule has 39 heavy (non-hydrogen) atoms.